The van der Waals surface area contributed by atoms with Gasteiger partial charge in [0.2, 0.25) is 0 Å². The van der Waals surface area contributed by atoms with Gasteiger partial charge in [-0.15, -0.1) is 9.42 Å². The number of aliphatic hydroxyl groups is 1. The molecule has 1 aliphatic rings. The number of ether oxygens (including phenoxy) is 1. The molecule has 3 N–H and O–H groups in total. The number of hydrogen-bond donors (Lipinski definition) is 3. The van der Waals surface area contributed by atoms with Gasteiger partial charge >= 0.3 is 8.25 Å². The van der Waals surface area contributed by atoms with E-state index >= 15 is 0 Å². The van der Waals surface area contributed by atoms with Crippen molar-refractivity contribution in [2.24, 2.45) is 0 Å². The molecule has 1 aliphatic heterocycles. The van der Waals surface area contributed by atoms with E-state index < -0.39 is 26.7 Å². The standard InChI is InChI=1S/C17H16N5O6P/c23-7-11-6-12(28-29(25)26)17(27-11)22-9-20-13-14(18-8-19-15(13)22)21-16(24)10-4-2-1-3-5-10/h1-5,8-9,11-12,17,23H,6-7H2,(H-,18,19,21,24,25,26)/p+1/t11-,12+,17+/m0/s1. The molecule has 29 heavy (non-hydrogen) atoms. The number of fused-ring (bicyclic) bond motifs is 1. The number of benzene rings is 1. The Morgan fingerprint density at radius 3 is 2.83 bits per heavy atom. The quantitative estimate of drug-likeness (QED) is 0.505. The van der Waals surface area contributed by atoms with Gasteiger partial charge in [-0.05, 0) is 12.1 Å². The van der Waals surface area contributed by atoms with Crippen LogP contribution in [0.1, 0.15) is 23.0 Å². The Morgan fingerprint density at radius 2 is 2.10 bits per heavy atom. The lowest BCUT2D eigenvalue weighted by molar-refractivity contribution is -0.0440. The SMILES string of the molecule is O=C(Nc1ncnc2c1ncn2[C@@H]1O[C@H](CO)C[C@H]1O[P+](=O)O)c1ccccc1. The van der Waals surface area contributed by atoms with Crippen molar-refractivity contribution in [1.82, 2.24) is 19.5 Å². The zero-order valence-corrected chi connectivity index (χ0v) is 15.8. The number of anilines is 1. The summed E-state index contributed by atoms with van der Waals surface area (Å²) in [6, 6.07) is 8.65. The van der Waals surface area contributed by atoms with E-state index in [9.17, 15) is 14.5 Å². The summed E-state index contributed by atoms with van der Waals surface area (Å²) >= 11 is 0. The minimum Gasteiger partial charge on any atom is -0.394 e. The minimum absolute atomic E-state index is 0.213. The second-order valence-electron chi connectivity index (χ2n) is 6.32. The van der Waals surface area contributed by atoms with Crippen molar-refractivity contribution in [1.29, 1.82) is 0 Å². The maximum absolute atomic E-state index is 12.4. The summed E-state index contributed by atoms with van der Waals surface area (Å²) < 4.78 is 23.4. The number of carbonyl (C=O) groups excluding carboxylic acids is 1. The van der Waals surface area contributed by atoms with E-state index in [1.165, 1.54) is 17.2 Å². The molecule has 0 spiro atoms. The predicted octanol–water partition coefficient (Wildman–Crippen LogP) is 1.39. The van der Waals surface area contributed by atoms with Gasteiger partial charge < -0.3 is 15.2 Å². The highest BCUT2D eigenvalue weighted by molar-refractivity contribution is 7.32. The molecule has 12 heteroatoms. The van der Waals surface area contributed by atoms with Gasteiger partial charge in [0, 0.05) is 16.5 Å². The first-order valence-electron chi connectivity index (χ1n) is 8.70. The number of carbonyl (C=O) groups is 1. The summed E-state index contributed by atoms with van der Waals surface area (Å²) in [7, 11) is -2.86. The van der Waals surface area contributed by atoms with Crippen LogP contribution in [0.5, 0.6) is 0 Å². The summed E-state index contributed by atoms with van der Waals surface area (Å²) in [5, 5.41) is 12.1. The zero-order chi connectivity index (χ0) is 20.4. The molecule has 150 valence electrons. The van der Waals surface area contributed by atoms with E-state index in [4.69, 9.17) is 14.2 Å². The third kappa shape index (κ3) is 4.00. The summed E-state index contributed by atoms with van der Waals surface area (Å²) in [5.41, 5.74) is 1.12. The lowest BCUT2D eigenvalue weighted by Crippen LogP contribution is -2.21. The van der Waals surface area contributed by atoms with Gasteiger partial charge in [0.25, 0.3) is 5.91 Å². The van der Waals surface area contributed by atoms with Crippen LogP contribution in [0.4, 0.5) is 5.82 Å². The maximum atomic E-state index is 12.4. The van der Waals surface area contributed by atoms with Crippen LogP contribution in [-0.4, -0.2) is 54.2 Å². The van der Waals surface area contributed by atoms with E-state index in [0.29, 0.717) is 16.7 Å². The number of imidazole rings is 1. The maximum Gasteiger partial charge on any atom is 0.695 e. The van der Waals surface area contributed by atoms with Crippen LogP contribution < -0.4 is 5.32 Å². The van der Waals surface area contributed by atoms with Crippen LogP contribution in [-0.2, 0) is 13.8 Å². The molecule has 3 heterocycles. The van der Waals surface area contributed by atoms with Gasteiger partial charge in [-0.3, -0.25) is 9.36 Å². The third-order valence-corrected chi connectivity index (χ3v) is 4.93. The highest BCUT2D eigenvalue weighted by Crippen LogP contribution is 2.37. The molecule has 1 unspecified atom stereocenters. The number of amides is 1. The first-order chi connectivity index (χ1) is 14.1. The van der Waals surface area contributed by atoms with Gasteiger partial charge in [0.15, 0.2) is 29.3 Å². The van der Waals surface area contributed by atoms with E-state index in [0.717, 1.165) is 0 Å². The van der Waals surface area contributed by atoms with E-state index in [1.807, 2.05) is 0 Å². The number of hydrogen-bond acceptors (Lipinski definition) is 8. The van der Waals surface area contributed by atoms with Crippen LogP contribution in [0.2, 0.25) is 0 Å². The third-order valence-electron chi connectivity index (χ3n) is 4.48. The van der Waals surface area contributed by atoms with E-state index in [2.05, 4.69) is 20.3 Å². The fourth-order valence-electron chi connectivity index (χ4n) is 3.19. The normalized spacial score (nSPS) is 22.0. The highest BCUT2D eigenvalue weighted by atomic mass is 31.1. The van der Waals surface area contributed by atoms with Gasteiger partial charge in [-0.25, -0.2) is 15.0 Å². The van der Waals surface area contributed by atoms with Crippen LogP contribution in [0, 0.1) is 0 Å². The molecule has 1 amide bonds. The Hall–Kier alpha value is -2.82. The molecule has 1 saturated heterocycles. The Kier molecular flexibility index (Phi) is 5.56. The molecule has 0 bridgehead atoms. The zero-order valence-electron chi connectivity index (χ0n) is 15.0. The molecule has 1 aromatic carbocycles. The number of rotatable bonds is 6. The average Bonchev–Trinajstić information content (AvgIpc) is 3.32. The Balaban J connectivity index is 1.65. The highest BCUT2D eigenvalue weighted by Gasteiger charge is 2.43. The monoisotopic (exact) mass is 418 g/mol. The summed E-state index contributed by atoms with van der Waals surface area (Å²) in [5.74, 6) is -0.138. The summed E-state index contributed by atoms with van der Waals surface area (Å²) in [4.78, 5) is 34.1. The van der Waals surface area contributed by atoms with Crippen LogP contribution in [0.15, 0.2) is 43.0 Å². The molecule has 11 nitrogen and oxygen atoms in total. The Bertz CT molecular complexity index is 1050. The molecule has 0 radical (unpaired) electrons. The minimum atomic E-state index is -2.86. The number of nitrogens with zero attached hydrogens (tertiary/aromatic N) is 4. The van der Waals surface area contributed by atoms with Crippen molar-refractivity contribution < 1.29 is 28.6 Å². The molecule has 4 rings (SSSR count). The molecular formula is C17H17N5O6P+. The van der Waals surface area contributed by atoms with Crippen LogP contribution in [0.25, 0.3) is 11.2 Å². The largest absolute Gasteiger partial charge is 0.695 e. The fraction of sp³-hybridized carbons (Fsp3) is 0.294. The lowest BCUT2D eigenvalue weighted by Gasteiger charge is -2.16. The molecule has 4 atom stereocenters. The van der Waals surface area contributed by atoms with Gasteiger partial charge in [-0.2, -0.15) is 0 Å². The average molecular weight is 418 g/mol. The number of nitrogens with one attached hydrogen (secondary N) is 1. The van der Waals surface area contributed by atoms with Gasteiger partial charge in [-0.1, -0.05) is 18.2 Å². The van der Waals surface area contributed by atoms with E-state index in [-0.39, 0.29) is 24.8 Å². The summed E-state index contributed by atoms with van der Waals surface area (Å²) in [6.07, 6.45) is 0.749. The Morgan fingerprint density at radius 1 is 1.31 bits per heavy atom. The van der Waals surface area contributed by atoms with Gasteiger partial charge in [0.1, 0.15) is 6.33 Å². The van der Waals surface area contributed by atoms with Crippen molar-refractivity contribution in [2.45, 2.75) is 24.9 Å². The molecule has 3 aromatic rings. The van der Waals surface area contributed by atoms with Crippen molar-refractivity contribution in [3.05, 3.63) is 48.5 Å². The molecular weight excluding hydrogens is 401 g/mol. The summed E-state index contributed by atoms with van der Waals surface area (Å²) in [6.45, 7) is -0.265. The van der Waals surface area contributed by atoms with E-state index in [1.54, 1.807) is 30.3 Å². The fourth-order valence-corrected chi connectivity index (χ4v) is 3.61. The van der Waals surface area contributed by atoms with Crippen molar-refractivity contribution in [3.8, 4) is 0 Å². The van der Waals surface area contributed by atoms with Crippen LogP contribution in [0.3, 0.4) is 0 Å². The number of aliphatic hydroxyl groups excluding tert-OH is 1. The first-order valence-corrected chi connectivity index (χ1v) is 9.83. The second-order valence-corrected chi connectivity index (χ2v) is 7.00. The van der Waals surface area contributed by atoms with Crippen LogP contribution >= 0.6 is 8.25 Å². The molecule has 0 saturated carbocycles. The molecule has 2 aromatic heterocycles. The predicted molar refractivity (Wildman–Crippen MR) is 100 cm³/mol. The first kappa shape index (κ1) is 19.5. The van der Waals surface area contributed by atoms with Crippen molar-refractivity contribution >= 4 is 31.1 Å². The van der Waals surface area contributed by atoms with Crippen molar-refractivity contribution in [2.75, 3.05) is 11.9 Å². The van der Waals surface area contributed by atoms with Crippen molar-refractivity contribution in [3.63, 3.8) is 0 Å². The second kappa shape index (κ2) is 8.27. The molecule has 1 fully saturated rings. The van der Waals surface area contributed by atoms with Gasteiger partial charge in [0.05, 0.1) is 19.0 Å². The number of aromatic nitrogens is 4. The topological polar surface area (TPSA) is 149 Å². The smallest absolute Gasteiger partial charge is 0.394 e. The Labute approximate surface area is 165 Å². The lowest BCUT2D eigenvalue weighted by atomic mass is 10.2. The molecule has 0 aliphatic carbocycles.